The molecule has 3 aromatic rings. The quantitative estimate of drug-likeness (QED) is 0.773. The minimum Gasteiger partial charge on any atom is -0.292 e. The summed E-state index contributed by atoms with van der Waals surface area (Å²) in [5.74, 6) is 0.0883. The molecule has 0 atom stereocenters. The van der Waals surface area contributed by atoms with Crippen LogP contribution in [-0.4, -0.2) is 30.5 Å². The molecule has 0 aliphatic rings. The van der Waals surface area contributed by atoms with Gasteiger partial charge in [0.15, 0.2) is 0 Å². The second-order valence-electron chi connectivity index (χ2n) is 5.01. The Labute approximate surface area is 127 Å². The summed E-state index contributed by atoms with van der Waals surface area (Å²) in [6.45, 7) is 2.68. The van der Waals surface area contributed by atoms with E-state index in [2.05, 4.69) is 20.5 Å². The molecule has 2 aromatic heterocycles. The lowest BCUT2D eigenvalue weighted by atomic mass is 10.2. The Balaban J connectivity index is 1.58. The molecule has 7 heteroatoms. The number of aryl methyl sites for hydroxylation is 1. The molecular formula is C15H16N6O. The standard InChI is InChI=1S/C15H16N6O/c1-12-7-17-20(8-12)10-14(22)18-15-16-11-21(19-15)9-13-5-3-2-4-6-13/h2-8,11H,9-10H2,1H3,(H,18,19,22). The minimum absolute atomic E-state index is 0.140. The molecule has 0 aliphatic heterocycles. The Morgan fingerprint density at radius 2 is 2.05 bits per heavy atom. The summed E-state index contributed by atoms with van der Waals surface area (Å²) in [6, 6.07) is 9.94. The number of hydrogen-bond acceptors (Lipinski definition) is 4. The molecule has 1 N–H and O–H groups in total. The third-order valence-electron chi connectivity index (χ3n) is 3.04. The molecule has 0 saturated heterocycles. The maximum Gasteiger partial charge on any atom is 0.248 e. The minimum atomic E-state index is -0.208. The lowest BCUT2D eigenvalue weighted by Crippen LogP contribution is -2.20. The number of aromatic nitrogens is 5. The van der Waals surface area contributed by atoms with Gasteiger partial charge in [0.2, 0.25) is 11.9 Å². The SMILES string of the molecule is Cc1cnn(CC(=O)Nc2ncn(Cc3ccccc3)n2)c1. The van der Waals surface area contributed by atoms with Crippen LogP contribution in [-0.2, 0) is 17.9 Å². The average molecular weight is 296 g/mol. The van der Waals surface area contributed by atoms with Gasteiger partial charge in [-0.1, -0.05) is 30.3 Å². The molecule has 0 fully saturated rings. The van der Waals surface area contributed by atoms with E-state index in [1.165, 1.54) is 0 Å². The van der Waals surface area contributed by atoms with Gasteiger partial charge in [0.05, 0.1) is 12.7 Å². The number of benzene rings is 1. The van der Waals surface area contributed by atoms with Crippen LogP contribution in [0.2, 0.25) is 0 Å². The third kappa shape index (κ3) is 3.57. The molecule has 0 bridgehead atoms. The average Bonchev–Trinajstić information content (AvgIpc) is 3.09. The highest BCUT2D eigenvalue weighted by atomic mass is 16.2. The fraction of sp³-hybridized carbons (Fsp3) is 0.200. The van der Waals surface area contributed by atoms with Crippen LogP contribution < -0.4 is 5.32 Å². The first kappa shape index (κ1) is 14.0. The van der Waals surface area contributed by atoms with Crippen LogP contribution in [0.25, 0.3) is 0 Å². The van der Waals surface area contributed by atoms with Crippen molar-refractivity contribution in [2.24, 2.45) is 0 Å². The van der Waals surface area contributed by atoms with E-state index < -0.39 is 0 Å². The number of carbonyl (C=O) groups is 1. The molecule has 3 rings (SSSR count). The van der Waals surface area contributed by atoms with Crippen molar-refractivity contribution in [3.63, 3.8) is 0 Å². The van der Waals surface area contributed by atoms with Gasteiger partial charge in [-0.15, -0.1) is 5.10 Å². The van der Waals surface area contributed by atoms with Crippen LogP contribution in [0.4, 0.5) is 5.95 Å². The summed E-state index contributed by atoms with van der Waals surface area (Å²) in [6.07, 6.45) is 5.11. The van der Waals surface area contributed by atoms with Crippen LogP contribution in [0.3, 0.4) is 0 Å². The first-order chi connectivity index (χ1) is 10.7. The topological polar surface area (TPSA) is 77.6 Å². The lowest BCUT2D eigenvalue weighted by molar-refractivity contribution is -0.116. The highest BCUT2D eigenvalue weighted by molar-refractivity contribution is 5.88. The van der Waals surface area contributed by atoms with Crippen molar-refractivity contribution in [1.29, 1.82) is 0 Å². The number of carbonyl (C=O) groups excluding carboxylic acids is 1. The Bertz CT molecular complexity index is 761. The van der Waals surface area contributed by atoms with Gasteiger partial charge < -0.3 is 0 Å². The van der Waals surface area contributed by atoms with Crippen molar-refractivity contribution in [3.8, 4) is 0 Å². The Hall–Kier alpha value is -2.96. The third-order valence-corrected chi connectivity index (χ3v) is 3.04. The Morgan fingerprint density at radius 1 is 1.23 bits per heavy atom. The Kier molecular flexibility index (Phi) is 3.95. The maximum atomic E-state index is 11.9. The van der Waals surface area contributed by atoms with Crippen LogP contribution >= 0.6 is 0 Å². The number of nitrogens with one attached hydrogen (secondary N) is 1. The predicted molar refractivity (Wildman–Crippen MR) is 81.2 cm³/mol. The summed E-state index contributed by atoms with van der Waals surface area (Å²) in [5.41, 5.74) is 2.13. The summed E-state index contributed by atoms with van der Waals surface area (Å²) in [5, 5.41) is 11.0. The van der Waals surface area contributed by atoms with Gasteiger partial charge in [-0.2, -0.15) is 5.10 Å². The van der Waals surface area contributed by atoms with Crippen molar-refractivity contribution < 1.29 is 4.79 Å². The van der Waals surface area contributed by atoms with Gasteiger partial charge in [-0.05, 0) is 18.1 Å². The van der Waals surface area contributed by atoms with Crippen LogP contribution in [0.1, 0.15) is 11.1 Å². The zero-order valence-corrected chi connectivity index (χ0v) is 12.2. The molecule has 0 unspecified atom stereocenters. The van der Waals surface area contributed by atoms with Gasteiger partial charge in [0, 0.05) is 6.20 Å². The summed E-state index contributed by atoms with van der Waals surface area (Å²) < 4.78 is 3.26. The largest absolute Gasteiger partial charge is 0.292 e. The van der Waals surface area contributed by atoms with E-state index >= 15 is 0 Å². The monoisotopic (exact) mass is 296 g/mol. The molecule has 1 aromatic carbocycles. The second kappa shape index (κ2) is 6.21. The van der Waals surface area contributed by atoms with E-state index in [1.54, 1.807) is 28.1 Å². The number of anilines is 1. The lowest BCUT2D eigenvalue weighted by Gasteiger charge is -2.02. The Morgan fingerprint density at radius 3 is 2.77 bits per heavy atom. The van der Waals surface area contributed by atoms with E-state index in [1.807, 2.05) is 37.3 Å². The van der Waals surface area contributed by atoms with E-state index in [9.17, 15) is 4.79 Å². The molecule has 0 aliphatic carbocycles. The van der Waals surface area contributed by atoms with Crippen molar-refractivity contribution in [2.75, 3.05) is 5.32 Å². The summed E-state index contributed by atoms with van der Waals surface area (Å²) in [4.78, 5) is 16.0. The fourth-order valence-electron chi connectivity index (χ4n) is 2.06. The van der Waals surface area contributed by atoms with Gasteiger partial charge in [0.25, 0.3) is 0 Å². The second-order valence-corrected chi connectivity index (χ2v) is 5.01. The molecular weight excluding hydrogens is 280 g/mol. The molecule has 2 heterocycles. The van der Waals surface area contributed by atoms with Crippen molar-refractivity contribution in [2.45, 2.75) is 20.0 Å². The number of rotatable bonds is 5. The van der Waals surface area contributed by atoms with Gasteiger partial charge in [-0.3, -0.25) is 14.8 Å². The van der Waals surface area contributed by atoms with E-state index in [0.717, 1.165) is 11.1 Å². The maximum absolute atomic E-state index is 11.9. The fourth-order valence-corrected chi connectivity index (χ4v) is 2.06. The molecule has 22 heavy (non-hydrogen) atoms. The van der Waals surface area contributed by atoms with Crippen LogP contribution in [0, 0.1) is 6.92 Å². The summed E-state index contributed by atoms with van der Waals surface area (Å²) in [7, 11) is 0. The summed E-state index contributed by atoms with van der Waals surface area (Å²) >= 11 is 0. The molecule has 1 amide bonds. The molecule has 0 radical (unpaired) electrons. The van der Waals surface area contributed by atoms with Gasteiger partial charge in [0.1, 0.15) is 12.9 Å². The molecule has 0 spiro atoms. The highest BCUT2D eigenvalue weighted by Crippen LogP contribution is 2.03. The molecule has 7 nitrogen and oxygen atoms in total. The van der Waals surface area contributed by atoms with Crippen LogP contribution in [0.15, 0.2) is 49.1 Å². The molecule has 112 valence electrons. The van der Waals surface area contributed by atoms with E-state index in [0.29, 0.717) is 12.5 Å². The molecule has 0 saturated carbocycles. The van der Waals surface area contributed by atoms with Gasteiger partial charge >= 0.3 is 0 Å². The first-order valence-electron chi connectivity index (χ1n) is 6.91. The van der Waals surface area contributed by atoms with Crippen molar-refractivity contribution >= 4 is 11.9 Å². The predicted octanol–water partition coefficient (Wildman–Crippen LogP) is 1.47. The zero-order valence-electron chi connectivity index (χ0n) is 12.2. The number of nitrogens with zero attached hydrogens (tertiary/aromatic N) is 5. The highest BCUT2D eigenvalue weighted by Gasteiger charge is 2.08. The van der Waals surface area contributed by atoms with Gasteiger partial charge in [-0.25, -0.2) is 9.67 Å². The number of amides is 1. The van der Waals surface area contributed by atoms with Crippen molar-refractivity contribution in [1.82, 2.24) is 24.5 Å². The normalized spacial score (nSPS) is 10.6. The zero-order chi connectivity index (χ0) is 15.4. The smallest absolute Gasteiger partial charge is 0.248 e. The first-order valence-corrected chi connectivity index (χ1v) is 6.91. The number of hydrogen-bond donors (Lipinski definition) is 1. The van der Waals surface area contributed by atoms with Crippen molar-refractivity contribution in [3.05, 3.63) is 60.2 Å². The van der Waals surface area contributed by atoms with E-state index in [4.69, 9.17) is 0 Å². The van der Waals surface area contributed by atoms with E-state index in [-0.39, 0.29) is 12.5 Å². The van der Waals surface area contributed by atoms with Crippen LogP contribution in [0.5, 0.6) is 0 Å².